The SMILES string of the molecule is O=C(O)CCC(CC(=O)O)(C(=O)O)P(=O)(O)O.[Ca+2].[H-].[H-]. The monoisotopic (exact) mass is 312 g/mol. The molecule has 1 unspecified atom stereocenters. The van der Waals surface area contributed by atoms with Gasteiger partial charge in [-0.3, -0.25) is 18.9 Å². The number of hydrogen-bond donors (Lipinski definition) is 5. The minimum absolute atomic E-state index is 0. The van der Waals surface area contributed by atoms with Crippen LogP contribution in [0.1, 0.15) is 22.1 Å². The van der Waals surface area contributed by atoms with Crippen LogP contribution in [0, 0.1) is 0 Å². The maximum atomic E-state index is 11.1. The Bertz CT molecular complexity index is 398. The zero-order chi connectivity index (χ0) is 13.9. The Labute approximate surface area is 134 Å². The average molecular weight is 312 g/mol. The van der Waals surface area contributed by atoms with Gasteiger partial charge in [-0.2, -0.15) is 0 Å². The van der Waals surface area contributed by atoms with Crippen LogP contribution in [-0.2, 0) is 18.9 Å². The third-order valence-electron chi connectivity index (χ3n) is 2.15. The van der Waals surface area contributed by atoms with Gasteiger partial charge in [0.25, 0.3) is 0 Å². The molecule has 0 spiro atoms. The fourth-order valence-electron chi connectivity index (χ4n) is 1.21. The zero-order valence-electron chi connectivity index (χ0n) is 11.1. The topological polar surface area (TPSA) is 169 Å². The van der Waals surface area contributed by atoms with Crippen molar-refractivity contribution >= 4 is 63.2 Å². The van der Waals surface area contributed by atoms with Crippen LogP contribution in [0.25, 0.3) is 0 Å². The maximum absolute atomic E-state index is 11.1. The van der Waals surface area contributed by atoms with E-state index < -0.39 is 49.9 Å². The Morgan fingerprint density at radius 1 is 1.06 bits per heavy atom. The van der Waals surface area contributed by atoms with Crippen molar-refractivity contribution in [3.8, 4) is 0 Å². The van der Waals surface area contributed by atoms with E-state index in [0.717, 1.165) is 0 Å². The molecule has 0 radical (unpaired) electrons. The van der Waals surface area contributed by atoms with Gasteiger partial charge in [-0.25, -0.2) is 0 Å². The summed E-state index contributed by atoms with van der Waals surface area (Å²) in [6, 6.07) is 0. The first-order valence-electron chi connectivity index (χ1n) is 4.25. The van der Waals surface area contributed by atoms with Crippen LogP contribution in [0.3, 0.4) is 0 Å². The third kappa shape index (κ3) is 5.21. The number of carbonyl (C=O) groups is 3. The molecule has 11 heteroatoms. The molecule has 5 N–H and O–H groups in total. The maximum Gasteiger partial charge on any atom is 2.00 e. The second kappa shape index (κ2) is 7.42. The molecule has 0 aromatic heterocycles. The summed E-state index contributed by atoms with van der Waals surface area (Å²) < 4.78 is 11.1. The summed E-state index contributed by atoms with van der Waals surface area (Å²) in [6.07, 6.45) is -3.17. The molecule has 0 heterocycles. The van der Waals surface area contributed by atoms with Crippen LogP contribution in [0.2, 0.25) is 0 Å². The van der Waals surface area contributed by atoms with Gasteiger partial charge >= 0.3 is 63.2 Å². The summed E-state index contributed by atoms with van der Waals surface area (Å²) in [5.41, 5.74) is 0. The summed E-state index contributed by atoms with van der Waals surface area (Å²) in [4.78, 5) is 49.5. The van der Waals surface area contributed by atoms with Crippen LogP contribution < -0.4 is 0 Å². The van der Waals surface area contributed by atoms with Gasteiger partial charge in [0.1, 0.15) is 0 Å². The number of rotatable bonds is 7. The van der Waals surface area contributed by atoms with Gasteiger partial charge < -0.3 is 28.0 Å². The Balaban J connectivity index is -0.000000427. The number of hydrogen-bond acceptors (Lipinski definition) is 4. The van der Waals surface area contributed by atoms with E-state index in [0.29, 0.717) is 0 Å². The number of carboxylic acids is 3. The first kappa shape index (κ1) is 20.1. The molecular formula is C7H13CaO9P. The van der Waals surface area contributed by atoms with Crippen molar-refractivity contribution in [2.75, 3.05) is 0 Å². The van der Waals surface area contributed by atoms with E-state index in [-0.39, 0.29) is 40.6 Å². The van der Waals surface area contributed by atoms with Gasteiger partial charge in [0.2, 0.25) is 0 Å². The normalized spacial score (nSPS) is 14.1. The molecule has 102 valence electrons. The molecule has 1 atom stereocenters. The summed E-state index contributed by atoms with van der Waals surface area (Å²) in [6.45, 7) is 0. The minimum atomic E-state index is -5.32. The molecule has 0 aromatic rings. The predicted molar refractivity (Wildman–Crippen MR) is 59.5 cm³/mol. The van der Waals surface area contributed by atoms with Gasteiger partial charge in [-0.05, 0) is 6.42 Å². The summed E-state index contributed by atoms with van der Waals surface area (Å²) in [7, 11) is -5.32. The molecule has 0 aliphatic carbocycles. The first-order chi connectivity index (χ1) is 7.53. The number of carboxylic acid groups (broad SMARTS) is 3. The smallest absolute Gasteiger partial charge is 1.00 e. The fraction of sp³-hybridized carbons (Fsp3) is 0.571. The van der Waals surface area contributed by atoms with Crippen molar-refractivity contribution in [2.45, 2.75) is 24.4 Å². The Kier molecular flexibility index (Phi) is 8.30. The molecule has 9 nitrogen and oxygen atoms in total. The van der Waals surface area contributed by atoms with Crippen molar-refractivity contribution in [1.82, 2.24) is 0 Å². The summed E-state index contributed by atoms with van der Waals surface area (Å²) >= 11 is 0. The molecule has 0 saturated heterocycles. The van der Waals surface area contributed by atoms with Gasteiger partial charge in [0, 0.05) is 6.42 Å². The van der Waals surface area contributed by atoms with E-state index in [9.17, 15) is 18.9 Å². The Hall–Kier alpha value is -0.180. The molecule has 18 heavy (non-hydrogen) atoms. The van der Waals surface area contributed by atoms with Crippen LogP contribution in [0.4, 0.5) is 0 Å². The molecule has 0 aromatic carbocycles. The van der Waals surface area contributed by atoms with E-state index in [2.05, 4.69) is 0 Å². The van der Waals surface area contributed by atoms with Crippen molar-refractivity contribution in [3.05, 3.63) is 0 Å². The van der Waals surface area contributed by atoms with Crippen molar-refractivity contribution in [1.29, 1.82) is 0 Å². The summed E-state index contributed by atoms with van der Waals surface area (Å²) in [5, 5.41) is 22.7. The molecule has 0 amide bonds. The molecule has 0 saturated carbocycles. The third-order valence-corrected chi connectivity index (χ3v) is 3.84. The standard InChI is InChI=1S/C7H11O9P.Ca.2H/c8-4(9)1-2-7(6(12)13,3-5(10)11)17(14,15)16;;;/h1-3H2,(H,8,9)(H,10,11)(H,12,13)(H2,14,15,16);;;/q;+2;2*-1. The van der Waals surface area contributed by atoms with Gasteiger partial charge in [-0.15, -0.1) is 0 Å². The minimum Gasteiger partial charge on any atom is -1.00 e. The predicted octanol–water partition coefficient (Wildman–Crippen LogP) is -0.829. The van der Waals surface area contributed by atoms with Crippen LogP contribution in [-0.4, -0.2) is 85.9 Å². The van der Waals surface area contributed by atoms with E-state index in [1.165, 1.54) is 0 Å². The van der Waals surface area contributed by atoms with Crippen molar-refractivity contribution in [3.63, 3.8) is 0 Å². The second-order valence-corrected chi connectivity index (χ2v) is 5.29. The summed E-state index contributed by atoms with van der Waals surface area (Å²) in [5.74, 6) is -5.25. The zero-order valence-corrected chi connectivity index (χ0v) is 12.2. The van der Waals surface area contributed by atoms with Gasteiger partial charge in [0.05, 0.1) is 6.42 Å². The molecular weight excluding hydrogens is 299 g/mol. The van der Waals surface area contributed by atoms with E-state index in [4.69, 9.17) is 25.1 Å². The van der Waals surface area contributed by atoms with Gasteiger partial charge in [0.15, 0.2) is 5.16 Å². The average Bonchev–Trinajstić information content (AvgIpc) is 2.08. The van der Waals surface area contributed by atoms with Crippen molar-refractivity contribution < 1.29 is 46.9 Å². The van der Waals surface area contributed by atoms with E-state index in [1.807, 2.05) is 0 Å². The number of aliphatic carboxylic acids is 3. The second-order valence-electron chi connectivity index (χ2n) is 3.35. The van der Waals surface area contributed by atoms with Crippen LogP contribution >= 0.6 is 7.60 Å². The molecule has 0 aliphatic heterocycles. The Morgan fingerprint density at radius 3 is 1.72 bits per heavy atom. The molecule has 0 aliphatic rings. The van der Waals surface area contributed by atoms with Crippen molar-refractivity contribution in [2.24, 2.45) is 0 Å². The van der Waals surface area contributed by atoms with Gasteiger partial charge in [-0.1, -0.05) is 0 Å². The molecule has 0 fully saturated rings. The molecule has 0 rings (SSSR count). The van der Waals surface area contributed by atoms with E-state index in [1.54, 1.807) is 0 Å². The van der Waals surface area contributed by atoms with E-state index >= 15 is 0 Å². The Morgan fingerprint density at radius 2 is 1.50 bits per heavy atom. The van der Waals surface area contributed by atoms with Crippen LogP contribution in [0.5, 0.6) is 0 Å². The largest absolute Gasteiger partial charge is 2.00 e. The fourth-order valence-corrected chi connectivity index (χ4v) is 2.20. The quantitative estimate of drug-likeness (QED) is 0.297. The van der Waals surface area contributed by atoms with Crippen LogP contribution in [0.15, 0.2) is 0 Å². The molecule has 0 bridgehead atoms. The first-order valence-corrected chi connectivity index (χ1v) is 5.87.